The molecule has 112 valence electrons. The first-order valence-electron chi connectivity index (χ1n) is 6.41. The van der Waals surface area contributed by atoms with E-state index >= 15 is 0 Å². The van der Waals surface area contributed by atoms with Crippen molar-refractivity contribution in [1.29, 1.82) is 0 Å². The molecule has 6 heteroatoms. The minimum Gasteiger partial charge on any atom is -0.457 e. The van der Waals surface area contributed by atoms with E-state index in [1.165, 1.54) is 18.0 Å². The average Bonchev–Trinajstić information content (AvgIpc) is 2.98. The summed E-state index contributed by atoms with van der Waals surface area (Å²) in [6.07, 6.45) is 3.31. The zero-order valence-corrected chi connectivity index (χ0v) is 13.1. The van der Waals surface area contributed by atoms with E-state index in [4.69, 9.17) is 16.0 Å². The highest BCUT2D eigenvalue weighted by atomic mass is 35.5. The van der Waals surface area contributed by atoms with E-state index < -0.39 is 0 Å². The predicted octanol–water partition coefficient (Wildman–Crippen LogP) is 3.16. The first-order valence-corrected chi connectivity index (χ1v) is 8.01. The van der Waals surface area contributed by atoms with Crippen LogP contribution in [0.1, 0.15) is 21.8 Å². The van der Waals surface area contributed by atoms with Crippen molar-refractivity contribution in [3.63, 3.8) is 0 Å². The van der Waals surface area contributed by atoms with Crippen molar-refractivity contribution in [3.05, 3.63) is 52.7 Å². The van der Waals surface area contributed by atoms with Crippen LogP contribution in [-0.4, -0.2) is 30.4 Å². The van der Waals surface area contributed by atoms with Crippen LogP contribution >= 0.6 is 23.4 Å². The number of carbonyl (C=O) groups is 1. The summed E-state index contributed by atoms with van der Waals surface area (Å²) in [6, 6.07) is 8.92. The summed E-state index contributed by atoms with van der Waals surface area (Å²) in [6.45, 7) is 0.292. The molecule has 2 rings (SSSR count). The lowest BCUT2D eigenvalue weighted by molar-refractivity contribution is 0.0947. The van der Waals surface area contributed by atoms with Gasteiger partial charge in [0.2, 0.25) is 0 Å². The van der Waals surface area contributed by atoms with E-state index in [1.807, 2.05) is 18.4 Å². The van der Waals surface area contributed by atoms with Gasteiger partial charge in [-0.25, -0.2) is 0 Å². The fraction of sp³-hybridized carbons (Fsp3) is 0.267. The normalized spacial score (nSPS) is 12.1. The molecule has 0 radical (unpaired) electrons. The third-order valence-electron chi connectivity index (χ3n) is 3.11. The maximum atomic E-state index is 12.0. The number of hydrogen-bond acceptors (Lipinski definition) is 4. The van der Waals surface area contributed by atoms with Gasteiger partial charge in [-0.15, -0.1) is 0 Å². The number of halogens is 1. The SMILES string of the molecule is CSc1cc(C(=O)NCC(CO)c2ccc(Cl)cc2)co1. The molecule has 0 aliphatic heterocycles. The van der Waals surface area contributed by atoms with Crippen molar-refractivity contribution < 1.29 is 14.3 Å². The fourth-order valence-electron chi connectivity index (χ4n) is 1.88. The third kappa shape index (κ3) is 4.27. The Morgan fingerprint density at radius 3 is 2.71 bits per heavy atom. The molecule has 21 heavy (non-hydrogen) atoms. The topological polar surface area (TPSA) is 62.5 Å². The molecular weight excluding hydrogens is 310 g/mol. The number of thioether (sulfide) groups is 1. The van der Waals surface area contributed by atoms with E-state index in [-0.39, 0.29) is 18.4 Å². The van der Waals surface area contributed by atoms with Crippen molar-refractivity contribution in [3.8, 4) is 0 Å². The highest BCUT2D eigenvalue weighted by molar-refractivity contribution is 7.98. The lowest BCUT2D eigenvalue weighted by atomic mass is 10.00. The molecule has 1 aromatic carbocycles. The van der Waals surface area contributed by atoms with Crippen molar-refractivity contribution >= 4 is 29.3 Å². The molecule has 0 aliphatic carbocycles. The molecule has 1 aromatic heterocycles. The second-order valence-corrected chi connectivity index (χ2v) is 5.75. The number of carbonyl (C=O) groups excluding carboxylic acids is 1. The van der Waals surface area contributed by atoms with Gasteiger partial charge >= 0.3 is 0 Å². The molecule has 0 spiro atoms. The van der Waals surface area contributed by atoms with Crippen molar-refractivity contribution in [2.24, 2.45) is 0 Å². The Labute approximate surface area is 132 Å². The molecule has 0 bridgehead atoms. The van der Waals surface area contributed by atoms with Gasteiger partial charge in [-0.3, -0.25) is 4.79 Å². The second-order valence-electron chi connectivity index (χ2n) is 4.50. The third-order valence-corrected chi connectivity index (χ3v) is 3.98. The van der Waals surface area contributed by atoms with Gasteiger partial charge in [-0.05, 0) is 24.0 Å². The monoisotopic (exact) mass is 325 g/mol. The van der Waals surface area contributed by atoms with Crippen LogP contribution in [0, 0.1) is 0 Å². The summed E-state index contributed by atoms with van der Waals surface area (Å²) in [5.41, 5.74) is 1.41. The van der Waals surface area contributed by atoms with Crippen LogP contribution in [0.3, 0.4) is 0 Å². The van der Waals surface area contributed by atoms with Gasteiger partial charge in [0.25, 0.3) is 5.91 Å². The van der Waals surface area contributed by atoms with Crippen molar-refractivity contribution in [2.45, 2.75) is 11.0 Å². The highest BCUT2D eigenvalue weighted by Crippen LogP contribution is 2.19. The number of amides is 1. The van der Waals surface area contributed by atoms with Crippen molar-refractivity contribution in [1.82, 2.24) is 5.32 Å². The minimum absolute atomic E-state index is 0.0522. The first kappa shape index (κ1) is 15.9. The van der Waals surface area contributed by atoms with Crippen LogP contribution in [-0.2, 0) is 0 Å². The average molecular weight is 326 g/mol. The molecule has 1 amide bonds. The van der Waals surface area contributed by atoms with Gasteiger partial charge in [-0.1, -0.05) is 35.5 Å². The van der Waals surface area contributed by atoms with Crippen LogP contribution in [0.5, 0.6) is 0 Å². The van der Waals surface area contributed by atoms with E-state index in [2.05, 4.69) is 5.32 Å². The molecule has 1 unspecified atom stereocenters. The van der Waals surface area contributed by atoms with E-state index in [0.29, 0.717) is 22.2 Å². The highest BCUT2D eigenvalue weighted by Gasteiger charge is 2.14. The number of rotatable bonds is 6. The summed E-state index contributed by atoms with van der Waals surface area (Å²) >= 11 is 7.27. The summed E-state index contributed by atoms with van der Waals surface area (Å²) in [5, 5.41) is 13.6. The lowest BCUT2D eigenvalue weighted by Crippen LogP contribution is -2.29. The second kappa shape index (κ2) is 7.54. The van der Waals surface area contributed by atoms with E-state index in [9.17, 15) is 9.90 Å². The Balaban J connectivity index is 1.96. The zero-order valence-electron chi connectivity index (χ0n) is 11.5. The first-order chi connectivity index (χ1) is 10.1. The minimum atomic E-state index is -0.216. The summed E-state index contributed by atoms with van der Waals surface area (Å²) in [5.74, 6) is -0.385. The van der Waals surface area contributed by atoms with E-state index in [1.54, 1.807) is 18.2 Å². The van der Waals surface area contributed by atoms with Gasteiger partial charge in [0.05, 0.1) is 12.2 Å². The fourth-order valence-corrected chi connectivity index (χ4v) is 2.40. The van der Waals surface area contributed by atoms with Crippen LogP contribution in [0.25, 0.3) is 0 Å². The molecule has 2 N–H and O–H groups in total. The Morgan fingerprint density at radius 1 is 1.43 bits per heavy atom. The van der Waals surface area contributed by atoms with E-state index in [0.717, 1.165) is 5.56 Å². The Hall–Kier alpha value is -1.43. The molecule has 1 atom stereocenters. The largest absolute Gasteiger partial charge is 0.457 e. The number of hydrogen-bond donors (Lipinski definition) is 2. The number of furan rings is 1. The van der Waals surface area contributed by atoms with Gasteiger partial charge in [0.15, 0.2) is 5.09 Å². The summed E-state index contributed by atoms with van der Waals surface area (Å²) in [4.78, 5) is 12.0. The molecular formula is C15H16ClNO3S. The van der Waals surface area contributed by atoms with Gasteiger partial charge in [-0.2, -0.15) is 0 Å². The molecule has 0 aliphatic rings. The predicted molar refractivity (Wildman–Crippen MR) is 84.1 cm³/mol. The molecule has 0 saturated carbocycles. The van der Waals surface area contributed by atoms with Gasteiger partial charge < -0.3 is 14.8 Å². The lowest BCUT2D eigenvalue weighted by Gasteiger charge is -2.15. The maximum Gasteiger partial charge on any atom is 0.254 e. The zero-order chi connectivity index (χ0) is 15.2. The Bertz CT molecular complexity index is 597. The van der Waals surface area contributed by atoms with Crippen LogP contribution < -0.4 is 5.32 Å². The maximum absolute atomic E-state index is 12.0. The Kier molecular flexibility index (Phi) is 5.73. The number of benzene rings is 1. The summed E-state index contributed by atoms with van der Waals surface area (Å²) < 4.78 is 5.20. The van der Waals surface area contributed by atoms with Gasteiger partial charge in [0.1, 0.15) is 6.26 Å². The molecule has 1 heterocycles. The molecule has 2 aromatic rings. The van der Waals surface area contributed by atoms with Crippen LogP contribution in [0.2, 0.25) is 5.02 Å². The number of nitrogens with one attached hydrogen (secondary N) is 1. The molecule has 0 saturated heterocycles. The molecule has 4 nitrogen and oxygen atoms in total. The Morgan fingerprint density at radius 2 is 2.14 bits per heavy atom. The van der Waals surface area contributed by atoms with Crippen LogP contribution in [0.4, 0.5) is 0 Å². The molecule has 0 fully saturated rings. The van der Waals surface area contributed by atoms with Gasteiger partial charge in [0, 0.05) is 23.6 Å². The van der Waals surface area contributed by atoms with Crippen LogP contribution in [0.15, 0.2) is 46.1 Å². The number of aliphatic hydroxyl groups excluding tert-OH is 1. The smallest absolute Gasteiger partial charge is 0.254 e. The standard InChI is InChI=1S/C15H16ClNO3S/c1-21-14-6-11(9-20-14)15(19)17-7-12(8-18)10-2-4-13(16)5-3-10/h2-6,9,12,18H,7-8H2,1H3,(H,17,19). The quantitative estimate of drug-likeness (QED) is 0.801. The van der Waals surface area contributed by atoms with Crippen molar-refractivity contribution in [2.75, 3.05) is 19.4 Å². The summed E-state index contributed by atoms with van der Waals surface area (Å²) in [7, 11) is 0. The number of aliphatic hydroxyl groups is 1.